The predicted octanol–water partition coefficient (Wildman–Crippen LogP) is -2.23. The molecule has 0 aromatic heterocycles. The Balaban J connectivity index is 0.00000169. The smallest absolute Gasteiger partial charge is 0.448 e. The number of carbonyl (C=O) groups is 2. The van der Waals surface area contributed by atoms with Crippen LogP contribution in [0, 0.1) is 5.92 Å². The van der Waals surface area contributed by atoms with Gasteiger partial charge in [-0.1, -0.05) is 6.92 Å². The topological polar surface area (TPSA) is 37.4 Å². The monoisotopic (exact) mass is 233 g/mol. The summed E-state index contributed by atoms with van der Waals surface area (Å²) in [4.78, 5) is 22.2. The molecule has 1 aliphatic heterocycles. The molecule has 1 saturated heterocycles. The Kier molecular flexibility index (Phi) is 5.34. The summed E-state index contributed by atoms with van der Waals surface area (Å²) in [6, 6.07) is 0. The number of hydrogen-bond acceptors (Lipinski definition) is 2. The van der Waals surface area contributed by atoms with Crippen molar-refractivity contribution in [2.45, 2.75) is 13.3 Å². The summed E-state index contributed by atoms with van der Waals surface area (Å²) in [7, 11) is 0. The molecular formula is C6H8BF3KNO2. The van der Waals surface area contributed by atoms with Crippen molar-refractivity contribution in [1.29, 1.82) is 0 Å². The molecule has 8 heteroatoms. The average molecular weight is 233 g/mol. The molecule has 0 radical (unpaired) electrons. The third-order valence-electron chi connectivity index (χ3n) is 1.86. The number of rotatable bonds is 2. The van der Waals surface area contributed by atoms with E-state index in [1.807, 2.05) is 0 Å². The number of imide groups is 1. The maximum atomic E-state index is 11.9. The second kappa shape index (κ2) is 5.11. The molecule has 1 fully saturated rings. The van der Waals surface area contributed by atoms with Crippen molar-refractivity contribution < 1.29 is 73.9 Å². The van der Waals surface area contributed by atoms with Crippen molar-refractivity contribution >= 4 is 18.8 Å². The van der Waals surface area contributed by atoms with Crippen LogP contribution in [0.15, 0.2) is 0 Å². The van der Waals surface area contributed by atoms with Gasteiger partial charge in [0.2, 0.25) is 11.8 Å². The van der Waals surface area contributed by atoms with Crippen LogP contribution in [0.5, 0.6) is 0 Å². The Morgan fingerprint density at radius 1 is 1.43 bits per heavy atom. The second-order valence-electron chi connectivity index (χ2n) is 3.16. The van der Waals surface area contributed by atoms with Crippen LogP contribution < -0.4 is 51.4 Å². The van der Waals surface area contributed by atoms with Crippen LogP contribution in [-0.2, 0) is 9.59 Å². The van der Waals surface area contributed by atoms with Crippen LogP contribution in [-0.4, -0.2) is 30.1 Å². The van der Waals surface area contributed by atoms with Crippen molar-refractivity contribution in [3.8, 4) is 0 Å². The quantitative estimate of drug-likeness (QED) is 0.400. The first-order chi connectivity index (χ1) is 5.81. The fraction of sp³-hybridized carbons (Fsp3) is 0.667. The molecule has 1 atom stereocenters. The zero-order chi connectivity index (χ0) is 10.2. The number of hydrogen-bond donors (Lipinski definition) is 0. The fourth-order valence-electron chi connectivity index (χ4n) is 1.25. The van der Waals surface area contributed by atoms with Gasteiger partial charge in [0.1, 0.15) is 0 Å². The Labute approximate surface area is 122 Å². The first-order valence-corrected chi connectivity index (χ1v) is 3.86. The Morgan fingerprint density at radius 2 is 1.93 bits per heavy atom. The minimum Gasteiger partial charge on any atom is -0.448 e. The molecule has 74 valence electrons. The molecule has 0 saturated carbocycles. The number of carbonyl (C=O) groups excluding carboxylic acids is 2. The summed E-state index contributed by atoms with van der Waals surface area (Å²) < 4.78 is 35.7. The molecule has 0 bridgehead atoms. The number of nitrogens with zero attached hydrogens (tertiary/aromatic N) is 1. The number of halogens is 3. The standard InChI is InChI=1S/C6H8BF3NO2.K/c1-4-2-5(12)11(6(4)13)3-7(8,9)10;/h4H,2-3H2,1H3;/q-1;+1. The molecule has 1 heterocycles. The minimum atomic E-state index is -5.11. The molecule has 0 spiro atoms. The van der Waals surface area contributed by atoms with Crippen molar-refractivity contribution in [2.24, 2.45) is 5.92 Å². The van der Waals surface area contributed by atoms with Gasteiger partial charge in [-0.25, -0.2) is 0 Å². The third kappa shape index (κ3) is 3.65. The largest absolute Gasteiger partial charge is 1.00 e. The summed E-state index contributed by atoms with van der Waals surface area (Å²) in [5.41, 5.74) is 0. The van der Waals surface area contributed by atoms with Gasteiger partial charge < -0.3 is 17.8 Å². The van der Waals surface area contributed by atoms with Crippen molar-refractivity contribution in [2.75, 3.05) is 6.44 Å². The Morgan fingerprint density at radius 3 is 2.21 bits per heavy atom. The number of likely N-dealkylation sites (tertiary alicyclic amines) is 1. The van der Waals surface area contributed by atoms with Gasteiger partial charge in [-0.2, -0.15) is 0 Å². The molecule has 3 nitrogen and oxygen atoms in total. The average Bonchev–Trinajstić information content (AvgIpc) is 2.14. The fourth-order valence-corrected chi connectivity index (χ4v) is 1.25. The van der Waals surface area contributed by atoms with Crippen LogP contribution in [0.4, 0.5) is 12.9 Å². The summed E-state index contributed by atoms with van der Waals surface area (Å²) in [5, 5.41) is 0. The molecule has 1 aliphatic rings. The summed E-state index contributed by atoms with van der Waals surface area (Å²) in [5.74, 6) is -2.05. The van der Waals surface area contributed by atoms with E-state index < -0.39 is 31.2 Å². The van der Waals surface area contributed by atoms with Crippen LogP contribution in [0.1, 0.15) is 13.3 Å². The SMILES string of the molecule is CC1CC(=O)N(C[B-](F)(F)F)C1=O.[K+]. The summed E-state index contributed by atoms with van der Waals surface area (Å²) in [6.45, 7) is -3.66. The maximum Gasteiger partial charge on any atom is 1.00 e. The third-order valence-corrected chi connectivity index (χ3v) is 1.86. The van der Waals surface area contributed by atoms with E-state index in [0.29, 0.717) is 4.90 Å². The molecule has 14 heavy (non-hydrogen) atoms. The Hall–Kier alpha value is 0.631. The van der Waals surface area contributed by atoms with Gasteiger partial charge in [-0.15, -0.1) is 0 Å². The summed E-state index contributed by atoms with van der Waals surface area (Å²) in [6.07, 6.45) is -1.51. The van der Waals surface area contributed by atoms with Gasteiger partial charge in [0.05, 0.1) is 0 Å². The van der Waals surface area contributed by atoms with Crippen molar-refractivity contribution in [1.82, 2.24) is 4.90 Å². The van der Waals surface area contributed by atoms with E-state index >= 15 is 0 Å². The molecule has 0 aromatic rings. The van der Waals surface area contributed by atoms with Gasteiger partial charge >= 0.3 is 58.4 Å². The zero-order valence-electron chi connectivity index (χ0n) is 7.97. The molecule has 2 amide bonds. The van der Waals surface area contributed by atoms with Crippen LogP contribution in [0.2, 0.25) is 0 Å². The summed E-state index contributed by atoms with van der Waals surface area (Å²) >= 11 is 0. The molecule has 0 N–H and O–H groups in total. The van der Waals surface area contributed by atoms with Crippen molar-refractivity contribution in [3.05, 3.63) is 0 Å². The van der Waals surface area contributed by atoms with E-state index in [4.69, 9.17) is 0 Å². The van der Waals surface area contributed by atoms with Crippen molar-refractivity contribution in [3.63, 3.8) is 0 Å². The molecular weight excluding hydrogens is 225 g/mol. The zero-order valence-corrected chi connectivity index (χ0v) is 11.1. The molecule has 1 rings (SSSR count). The Bertz CT molecular complexity index is 258. The van der Waals surface area contributed by atoms with Gasteiger partial charge in [0, 0.05) is 12.3 Å². The van der Waals surface area contributed by atoms with Gasteiger partial charge in [0.15, 0.2) is 0 Å². The molecule has 1 unspecified atom stereocenters. The van der Waals surface area contributed by atoms with E-state index in [9.17, 15) is 22.5 Å². The van der Waals surface area contributed by atoms with E-state index in [1.165, 1.54) is 6.92 Å². The molecule has 0 aromatic carbocycles. The first kappa shape index (κ1) is 14.6. The van der Waals surface area contributed by atoms with Crippen LogP contribution in [0.25, 0.3) is 0 Å². The van der Waals surface area contributed by atoms with Gasteiger partial charge in [-0.3, -0.25) is 9.59 Å². The normalized spacial score (nSPS) is 22.6. The number of amides is 2. The second-order valence-corrected chi connectivity index (χ2v) is 3.16. The van der Waals surface area contributed by atoms with Crippen LogP contribution >= 0.6 is 0 Å². The maximum absolute atomic E-state index is 11.9. The van der Waals surface area contributed by atoms with Crippen LogP contribution in [0.3, 0.4) is 0 Å². The minimum absolute atomic E-state index is 0. The van der Waals surface area contributed by atoms with Gasteiger partial charge in [-0.05, 0) is 6.44 Å². The van der Waals surface area contributed by atoms with Gasteiger partial charge in [0.25, 0.3) is 0 Å². The van der Waals surface area contributed by atoms with E-state index in [2.05, 4.69) is 0 Å². The molecule has 0 aliphatic carbocycles. The van der Waals surface area contributed by atoms with E-state index in [-0.39, 0.29) is 57.8 Å². The predicted molar refractivity (Wildman–Crippen MR) is 39.6 cm³/mol. The van der Waals surface area contributed by atoms with E-state index in [1.54, 1.807) is 0 Å². The first-order valence-electron chi connectivity index (χ1n) is 3.86. The van der Waals surface area contributed by atoms with E-state index in [0.717, 1.165) is 0 Å².